The third-order valence-electron chi connectivity index (χ3n) is 3.06. The van der Waals surface area contributed by atoms with Gasteiger partial charge < -0.3 is 5.32 Å². The standard InChI is InChI=1S/C12H11ClN2O3S2/c13-9-2-1-8-5-12(19-10(8)6-9)20(17,18)15-4-3-14-11(16)7-15/h1-2,5-6H,3-4,7H2,(H,14,16). The van der Waals surface area contributed by atoms with Crippen molar-refractivity contribution in [3.63, 3.8) is 0 Å². The average Bonchev–Trinajstić information content (AvgIpc) is 2.82. The van der Waals surface area contributed by atoms with Gasteiger partial charge in [0.1, 0.15) is 4.21 Å². The summed E-state index contributed by atoms with van der Waals surface area (Å²) in [6.45, 7) is 0.509. The number of carbonyl (C=O) groups is 1. The van der Waals surface area contributed by atoms with E-state index in [-0.39, 0.29) is 16.7 Å². The van der Waals surface area contributed by atoms with Crippen LogP contribution in [0.4, 0.5) is 0 Å². The first-order valence-corrected chi connectivity index (χ1v) is 8.56. The molecule has 2 heterocycles. The number of amides is 1. The Labute approximate surface area is 125 Å². The molecule has 0 aliphatic carbocycles. The molecule has 1 fully saturated rings. The summed E-state index contributed by atoms with van der Waals surface area (Å²) in [5.41, 5.74) is 0. The molecule has 0 spiro atoms. The molecule has 8 heteroatoms. The fourth-order valence-electron chi connectivity index (χ4n) is 2.06. The Kier molecular flexibility index (Phi) is 3.45. The molecule has 106 valence electrons. The lowest BCUT2D eigenvalue weighted by Gasteiger charge is -2.25. The molecule has 1 aliphatic rings. The number of hydrogen-bond acceptors (Lipinski definition) is 4. The molecule has 0 saturated carbocycles. The maximum absolute atomic E-state index is 12.5. The summed E-state index contributed by atoms with van der Waals surface area (Å²) in [6, 6.07) is 6.87. The molecule has 1 saturated heterocycles. The maximum atomic E-state index is 12.5. The van der Waals surface area contributed by atoms with E-state index in [9.17, 15) is 13.2 Å². The number of sulfonamides is 1. The lowest BCUT2D eigenvalue weighted by molar-refractivity contribution is -0.122. The predicted octanol–water partition coefficient (Wildman–Crippen LogP) is 1.68. The second kappa shape index (κ2) is 5.00. The molecular formula is C12H11ClN2O3S2. The smallest absolute Gasteiger partial charge is 0.253 e. The first kappa shape index (κ1) is 13.8. The van der Waals surface area contributed by atoms with Gasteiger partial charge in [-0.1, -0.05) is 17.7 Å². The van der Waals surface area contributed by atoms with Gasteiger partial charge in [-0.3, -0.25) is 4.79 Å². The predicted molar refractivity (Wildman–Crippen MR) is 78.6 cm³/mol. The molecule has 2 aromatic rings. The summed E-state index contributed by atoms with van der Waals surface area (Å²) < 4.78 is 27.3. The van der Waals surface area contributed by atoms with Crippen molar-refractivity contribution in [2.24, 2.45) is 0 Å². The number of thiophene rings is 1. The fraction of sp³-hybridized carbons (Fsp3) is 0.250. The Bertz CT molecular complexity index is 785. The van der Waals surface area contributed by atoms with Crippen LogP contribution in [0.2, 0.25) is 5.02 Å². The van der Waals surface area contributed by atoms with Crippen molar-refractivity contribution in [3.8, 4) is 0 Å². The van der Waals surface area contributed by atoms with E-state index < -0.39 is 10.0 Å². The summed E-state index contributed by atoms with van der Waals surface area (Å²) in [6.07, 6.45) is 0. The number of halogens is 1. The SMILES string of the molecule is O=C1CN(S(=O)(=O)c2cc3ccc(Cl)cc3s2)CCN1. The molecule has 1 aromatic heterocycles. The van der Waals surface area contributed by atoms with E-state index in [2.05, 4.69) is 5.32 Å². The van der Waals surface area contributed by atoms with Gasteiger partial charge in [0.2, 0.25) is 5.91 Å². The van der Waals surface area contributed by atoms with E-state index in [1.165, 1.54) is 15.6 Å². The Balaban J connectivity index is 2.02. The lowest BCUT2D eigenvalue weighted by Crippen LogP contribution is -2.49. The van der Waals surface area contributed by atoms with Gasteiger partial charge in [-0.05, 0) is 23.6 Å². The van der Waals surface area contributed by atoms with Crippen LogP contribution >= 0.6 is 22.9 Å². The number of benzene rings is 1. The highest BCUT2D eigenvalue weighted by Gasteiger charge is 2.30. The van der Waals surface area contributed by atoms with Gasteiger partial charge in [0.05, 0.1) is 6.54 Å². The van der Waals surface area contributed by atoms with Crippen LogP contribution in [0.25, 0.3) is 10.1 Å². The number of piperazine rings is 1. The van der Waals surface area contributed by atoms with E-state index in [1.54, 1.807) is 24.3 Å². The topological polar surface area (TPSA) is 66.5 Å². The van der Waals surface area contributed by atoms with Gasteiger partial charge in [-0.2, -0.15) is 4.31 Å². The van der Waals surface area contributed by atoms with Crippen LogP contribution in [0.15, 0.2) is 28.5 Å². The minimum Gasteiger partial charge on any atom is -0.354 e. The first-order chi connectivity index (χ1) is 9.46. The number of nitrogens with zero attached hydrogens (tertiary/aromatic N) is 1. The highest BCUT2D eigenvalue weighted by molar-refractivity contribution is 7.91. The van der Waals surface area contributed by atoms with Crippen molar-refractivity contribution in [2.45, 2.75) is 4.21 Å². The van der Waals surface area contributed by atoms with Crippen molar-refractivity contribution < 1.29 is 13.2 Å². The highest BCUT2D eigenvalue weighted by atomic mass is 35.5. The summed E-state index contributed by atoms with van der Waals surface area (Å²) in [5.74, 6) is -0.274. The largest absolute Gasteiger partial charge is 0.354 e. The molecule has 0 bridgehead atoms. The summed E-state index contributed by atoms with van der Waals surface area (Å²) in [4.78, 5) is 11.3. The van der Waals surface area contributed by atoms with Crippen molar-refractivity contribution in [1.29, 1.82) is 0 Å². The zero-order valence-electron chi connectivity index (χ0n) is 10.3. The van der Waals surface area contributed by atoms with Crippen LogP contribution in [0, 0.1) is 0 Å². The molecule has 3 rings (SSSR count). The average molecular weight is 331 g/mol. The lowest BCUT2D eigenvalue weighted by atomic mass is 10.3. The van der Waals surface area contributed by atoms with Gasteiger partial charge in [0.15, 0.2) is 0 Å². The van der Waals surface area contributed by atoms with E-state index in [0.717, 1.165) is 10.1 Å². The molecule has 0 atom stereocenters. The molecule has 5 nitrogen and oxygen atoms in total. The quantitative estimate of drug-likeness (QED) is 0.911. The molecular weight excluding hydrogens is 320 g/mol. The van der Waals surface area contributed by atoms with Crippen LogP contribution in [0.3, 0.4) is 0 Å². The van der Waals surface area contributed by atoms with Crippen LogP contribution in [-0.2, 0) is 14.8 Å². The van der Waals surface area contributed by atoms with E-state index in [1.807, 2.05) is 0 Å². The molecule has 1 amide bonds. The third kappa shape index (κ3) is 2.42. The first-order valence-electron chi connectivity index (χ1n) is 5.93. The van der Waals surface area contributed by atoms with Gasteiger partial charge in [-0.15, -0.1) is 11.3 Å². The molecule has 0 radical (unpaired) electrons. The summed E-state index contributed by atoms with van der Waals surface area (Å²) in [7, 11) is -3.62. The summed E-state index contributed by atoms with van der Waals surface area (Å²) in [5, 5.41) is 4.01. The van der Waals surface area contributed by atoms with Gasteiger partial charge >= 0.3 is 0 Å². The molecule has 1 aliphatic heterocycles. The molecule has 1 aromatic carbocycles. The van der Waals surface area contributed by atoms with E-state index in [4.69, 9.17) is 11.6 Å². The minimum absolute atomic E-state index is 0.128. The van der Waals surface area contributed by atoms with Crippen LogP contribution < -0.4 is 5.32 Å². The van der Waals surface area contributed by atoms with Crippen molar-refractivity contribution in [1.82, 2.24) is 9.62 Å². The molecule has 20 heavy (non-hydrogen) atoms. The molecule has 1 N–H and O–H groups in total. The number of rotatable bonds is 2. The normalized spacial score (nSPS) is 17.4. The van der Waals surface area contributed by atoms with Crippen LogP contribution in [0.1, 0.15) is 0 Å². The Morgan fingerprint density at radius 2 is 2.10 bits per heavy atom. The Morgan fingerprint density at radius 1 is 1.30 bits per heavy atom. The van der Waals surface area contributed by atoms with Crippen molar-refractivity contribution in [3.05, 3.63) is 29.3 Å². The maximum Gasteiger partial charge on any atom is 0.253 e. The second-order valence-corrected chi connectivity index (χ2v) is 8.12. The van der Waals surface area contributed by atoms with E-state index >= 15 is 0 Å². The van der Waals surface area contributed by atoms with Gasteiger partial charge in [0.25, 0.3) is 10.0 Å². The number of hydrogen-bond donors (Lipinski definition) is 1. The number of fused-ring (bicyclic) bond motifs is 1. The second-order valence-electron chi connectivity index (χ2n) is 4.44. The van der Waals surface area contributed by atoms with Crippen LogP contribution in [0.5, 0.6) is 0 Å². The third-order valence-corrected chi connectivity index (χ3v) is 6.68. The zero-order valence-corrected chi connectivity index (χ0v) is 12.7. The number of nitrogens with one attached hydrogen (secondary N) is 1. The number of carbonyl (C=O) groups excluding carboxylic acids is 1. The highest BCUT2D eigenvalue weighted by Crippen LogP contribution is 2.32. The Morgan fingerprint density at radius 3 is 2.85 bits per heavy atom. The van der Waals surface area contributed by atoms with E-state index in [0.29, 0.717) is 18.1 Å². The monoisotopic (exact) mass is 330 g/mol. The van der Waals surface area contributed by atoms with Crippen molar-refractivity contribution in [2.75, 3.05) is 19.6 Å². The van der Waals surface area contributed by atoms with Crippen molar-refractivity contribution >= 4 is 49.0 Å². The Hall–Kier alpha value is -1.15. The van der Waals surface area contributed by atoms with Gasteiger partial charge in [-0.25, -0.2) is 8.42 Å². The zero-order chi connectivity index (χ0) is 14.3. The molecule has 0 unspecified atom stereocenters. The van der Waals surface area contributed by atoms with Crippen LogP contribution in [-0.4, -0.2) is 38.3 Å². The minimum atomic E-state index is -3.62. The van der Waals surface area contributed by atoms with Gasteiger partial charge in [0, 0.05) is 22.8 Å². The fourth-order valence-corrected chi connectivity index (χ4v) is 5.28. The summed E-state index contributed by atoms with van der Waals surface area (Å²) >= 11 is 7.07.